The topological polar surface area (TPSA) is 76.5 Å². The third-order valence-corrected chi connectivity index (χ3v) is 5.10. The highest BCUT2D eigenvalue weighted by atomic mass is 32.2. The van der Waals surface area contributed by atoms with Gasteiger partial charge in [0.05, 0.1) is 24.3 Å². The van der Waals surface area contributed by atoms with E-state index >= 15 is 0 Å². The zero-order valence-corrected chi connectivity index (χ0v) is 15.0. The number of nitrogens with zero attached hydrogens (tertiary/aromatic N) is 5. The van der Waals surface area contributed by atoms with Crippen molar-refractivity contribution in [2.45, 2.75) is 11.6 Å². The van der Waals surface area contributed by atoms with Gasteiger partial charge < -0.3 is 8.98 Å². The van der Waals surface area contributed by atoms with Crippen molar-refractivity contribution in [1.29, 1.82) is 0 Å². The summed E-state index contributed by atoms with van der Waals surface area (Å²) in [5.41, 5.74) is 2.01. The van der Waals surface area contributed by atoms with Gasteiger partial charge in [0.25, 0.3) is 5.91 Å². The molecule has 1 aliphatic heterocycles. The highest BCUT2D eigenvalue weighted by Crippen LogP contribution is 2.23. The van der Waals surface area contributed by atoms with Crippen LogP contribution in [0.25, 0.3) is 11.6 Å². The van der Waals surface area contributed by atoms with E-state index in [4.69, 9.17) is 4.42 Å². The van der Waals surface area contributed by atoms with Crippen LogP contribution >= 0.6 is 11.8 Å². The average molecular weight is 367 g/mol. The molecule has 0 saturated carbocycles. The van der Waals surface area contributed by atoms with Crippen LogP contribution in [0.1, 0.15) is 12.0 Å². The van der Waals surface area contributed by atoms with Gasteiger partial charge in [-0.1, -0.05) is 42.1 Å². The Balaban J connectivity index is 1.40. The van der Waals surface area contributed by atoms with Crippen molar-refractivity contribution in [3.8, 4) is 11.6 Å². The minimum absolute atomic E-state index is 0.0384. The zero-order chi connectivity index (χ0) is 17.9. The van der Waals surface area contributed by atoms with Crippen molar-refractivity contribution >= 4 is 23.4 Å². The maximum atomic E-state index is 12.5. The van der Waals surface area contributed by atoms with E-state index in [9.17, 15) is 4.79 Å². The van der Waals surface area contributed by atoms with Crippen molar-refractivity contribution in [3.05, 3.63) is 54.3 Å². The van der Waals surface area contributed by atoms with Crippen LogP contribution in [0.4, 0.5) is 0 Å². The summed E-state index contributed by atoms with van der Waals surface area (Å²) in [7, 11) is 1.85. The maximum Gasteiger partial charge on any atom is 0.253 e. The molecule has 1 aromatic carbocycles. The molecule has 0 N–H and O–H groups in total. The molecule has 8 heteroatoms. The Bertz CT molecular complexity index is 934. The average Bonchev–Trinajstić information content (AvgIpc) is 3.41. The fourth-order valence-corrected chi connectivity index (χ4v) is 3.51. The summed E-state index contributed by atoms with van der Waals surface area (Å²) in [6.45, 7) is 0.611. The monoisotopic (exact) mass is 367 g/mol. The lowest BCUT2D eigenvalue weighted by Crippen LogP contribution is -2.25. The van der Waals surface area contributed by atoms with Gasteiger partial charge in [0, 0.05) is 13.5 Å². The number of hydrazone groups is 1. The third kappa shape index (κ3) is 3.28. The van der Waals surface area contributed by atoms with Crippen molar-refractivity contribution < 1.29 is 9.21 Å². The first kappa shape index (κ1) is 16.6. The normalized spacial score (nSPS) is 13.9. The summed E-state index contributed by atoms with van der Waals surface area (Å²) in [6.07, 6.45) is 2.36. The van der Waals surface area contributed by atoms with Crippen molar-refractivity contribution in [1.82, 2.24) is 19.8 Å². The van der Waals surface area contributed by atoms with E-state index < -0.39 is 0 Å². The van der Waals surface area contributed by atoms with Gasteiger partial charge in [0.1, 0.15) is 0 Å². The molecule has 3 aromatic rings. The number of thioether (sulfide) groups is 1. The lowest BCUT2D eigenvalue weighted by atomic mass is 10.1. The van der Waals surface area contributed by atoms with Gasteiger partial charge in [-0.2, -0.15) is 5.10 Å². The standard InChI is InChI=1S/C18H17N5O2S/c1-22-17(15-8-5-11-25-15)19-20-18(22)26-12-16(24)23-10-9-14(21-23)13-6-3-2-4-7-13/h2-8,11H,9-10,12H2,1H3. The number of rotatable bonds is 5. The fourth-order valence-electron chi connectivity index (χ4n) is 2.73. The fraction of sp³-hybridized carbons (Fsp3) is 0.222. The van der Waals surface area contributed by atoms with Crippen molar-refractivity contribution in [2.75, 3.05) is 12.3 Å². The van der Waals surface area contributed by atoms with E-state index in [1.165, 1.54) is 11.8 Å². The van der Waals surface area contributed by atoms with Gasteiger partial charge in [-0.05, 0) is 17.7 Å². The number of benzene rings is 1. The van der Waals surface area contributed by atoms with Gasteiger partial charge in [-0.3, -0.25) is 4.79 Å². The molecule has 0 fully saturated rings. The zero-order valence-electron chi connectivity index (χ0n) is 14.2. The molecule has 1 aliphatic rings. The van der Waals surface area contributed by atoms with E-state index in [-0.39, 0.29) is 11.7 Å². The third-order valence-electron chi connectivity index (χ3n) is 4.10. The molecule has 26 heavy (non-hydrogen) atoms. The number of hydrogen-bond donors (Lipinski definition) is 0. The van der Waals surface area contributed by atoms with E-state index in [1.54, 1.807) is 17.3 Å². The summed E-state index contributed by atoms with van der Waals surface area (Å²) >= 11 is 1.34. The molecule has 0 unspecified atom stereocenters. The molecular formula is C18H17N5O2S. The Kier molecular flexibility index (Phi) is 4.57. The lowest BCUT2D eigenvalue weighted by Gasteiger charge is -2.10. The summed E-state index contributed by atoms with van der Waals surface area (Å²) in [6, 6.07) is 13.6. The Morgan fingerprint density at radius 2 is 2.04 bits per heavy atom. The van der Waals surface area contributed by atoms with Crippen LogP contribution in [0, 0.1) is 0 Å². The number of aromatic nitrogens is 3. The van der Waals surface area contributed by atoms with Crippen LogP contribution in [-0.4, -0.2) is 43.7 Å². The second-order valence-electron chi connectivity index (χ2n) is 5.81. The molecule has 4 rings (SSSR count). The van der Waals surface area contributed by atoms with E-state index in [0.717, 1.165) is 17.7 Å². The SMILES string of the molecule is Cn1c(SCC(=O)N2CCC(c3ccccc3)=N2)nnc1-c1ccco1. The first-order valence-electron chi connectivity index (χ1n) is 8.21. The lowest BCUT2D eigenvalue weighted by molar-refractivity contribution is -0.127. The molecule has 2 aromatic heterocycles. The first-order valence-corrected chi connectivity index (χ1v) is 9.20. The Morgan fingerprint density at radius 3 is 2.81 bits per heavy atom. The molecule has 0 saturated heterocycles. The first-order chi connectivity index (χ1) is 12.7. The highest BCUT2D eigenvalue weighted by molar-refractivity contribution is 7.99. The summed E-state index contributed by atoms with van der Waals surface area (Å²) in [5, 5.41) is 14.9. The molecule has 0 radical (unpaired) electrons. The molecule has 132 valence electrons. The van der Waals surface area contributed by atoms with Crippen LogP contribution in [0.15, 0.2) is 63.4 Å². The van der Waals surface area contributed by atoms with Crippen molar-refractivity contribution in [2.24, 2.45) is 12.1 Å². The molecule has 0 atom stereocenters. The van der Waals surface area contributed by atoms with Crippen LogP contribution < -0.4 is 0 Å². The van der Waals surface area contributed by atoms with E-state index in [2.05, 4.69) is 15.3 Å². The van der Waals surface area contributed by atoms with Crippen LogP contribution in [0.2, 0.25) is 0 Å². The van der Waals surface area contributed by atoms with Gasteiger partial charge >= 0.3 is 0 Å². The Morgan fingerprint density at radius 1 is 1.19 bits per heavy atom. The predicted molar refractivity (Wildman–Crippen MR) is 98.7 cm³/mol. The van der Waals surface area contributed by atoms with E-state index in [1.807, 2.05) is 48.0 Å². The maximum absolute atomic E-state index is 12.5. The Labute approximate surface area is 154 Å². The molecule has 0 bridgehead atoms. The molecule has 7 nitrogen and oxygen atoms in total. The van der Waals surface area contributed by atoms with Gasteiger partial charge in [0.2, 0.25) is 0 Å². The van der Waals surface area contributed by atoms with Crippen LogP contribution in [-0.2, 0) is 11.8 Å². The second-order valence-corrected chi connectivity index (χ2v) is 6.75. The van der Waals surface area contributed by atoms with Crippen molar-refractivity contribution in [3.63, 3.8) is 0 Å². The van der Waals surface area contributed by atoms with Gasteiger partial charge in [0.15, 0.2) is 16.7 Å². The number of carbonyl (C=O) groups excluding carboxylic acids is 1. The number of hydrogen-bond acceptors (Lipinski definition) is 6. The van der Waals surface area contributed by atoms with Crippen LogP contribution in [0.3, 0.4) is 0 Å². The predicted octanol–water partition coefficient (Wildman–Crippen LogP) is 2.80. The Hall–Kier alpha value is -2.87. The number of carbonyl (C=O) groups is 1. The second kappa shape index (κ2) is 7.17. The summed E-state index contributed by atoms with van der Waals surface area (Å²) < 4.78 is 7.17. The minimum Gasteiger partial charge on any atom is -0.461 e. The van der Waals surface area contributed by atoms with Crippen LogP contribution in [0.5, 0.6) is 0 Å². The summed E-state index contributed by atoms with van der Waals surface area (Å²) in [4.78, 5) is 12.5. The van der Waals surface area contributed by atoms with Gasteiger partial charge in [-0.25, -0.2) is 5.01 Å². The van der Waals surface area contributed by atoms with Gasteiger partial charge in [-0.15, -0.1) is 10.2 Å². The largest absolute Gasteiger partial charge is 0.461 e. The molecule has 3 heterocycles. The van der Waals surface area contributed by atoms with E-state index in [0.29, 0.717) is 23.3 Å². The smallest absolute Gasteiger partial charge is 0.253 e. The summed E-state index contributed by atoms with van der Waals surface area (Å²) in [5.74, 6) is 1.50. The highest BCUT2D eigenvalue weighted by Gasteiger charge is 2.22. The minimum atomic E-state index is -0.0384. The molecular weight excluding hydrogens is 350 g/mol. The quantitative estimate of drug-likeness (QED) is 0.648. The molecule has 0 aliphatic carbocycles. The molecule has 0 spiro atoms. The number of amides is 1. The molecule has 1 amide bonds. The number of furan rings is 1.